The molecule has 0 atom stereocenters. The van der Waals surface area contributed by atoms with E-state index in [4.69, 9.17) is 15.2 Å². The van der Waals surface area contributed by atoms with E-state index in [9.17, 15) is 4.79 Å². The van der Waals surface area contributed by atoms with Gasteiger partial charge in [0.05, 0.1) is 25.1 Å². The van der Waals surface area contributed by atoms with E-state index in [1.54, 1.807) is 11.5 Å². The van der Waals surface area contributed by atoms with Crippen molar-refractivity contribution in [1.82, 2.24) is 9.55 Å². The number of nitrogen functional groups attached to an aromatic ring is 1. The van der Waals surface area contributed by atoms with Gasteiger partial charge in [0.2, 0.25) is 0 Å². The van der Waals surface area contributed by atoms with Gasteiger partial charge in [-0.3, -0.25) is 0 Å². The number of nitrogens with two attached hydrogens (primary N) is 1. The van der Waals surface area contributed by atoms with Crippen molar-refractivity contribution in [1.29, 1.82) is 0 Å². The number of aromatic nitrogens is 2. The Morgan fingerprint density at radius 2 is 2.11 bits per heavy atom. The Bertz CT molecular complexity index is 413. The molecule has 1 aromatic heterocycles. The van der Waals surface area contributed by atoms with Gasteiger partial charge in [0.15, 0.2) is 5.69 Å². The van der Waals surface area contributed by atoms with Crippen LogP contribution in [-0.4, -0.2) is 34.3 Å². The largest absolute Gasteiger partial charge is 0.461 e. The average molecular weight is 255 g/mol. The van der Waals surface area contributed by atoms with Crippen molar-refractivity contribution in [2.75, 3.05) is 18.9 Å². The maximum Gasteiger partial charge on any atom is 0.360 e. The second kappa shape index (κ2) is 5.86. The molecule has 0 fully saturated rings. The molecule has 0 bridgehead atoms. The van der Waals surface area contributed by atoms with Gasteiger partial charge in [0.1, 0.15) is 5.82 Å². The summed E-state index contributed by atoms with van der Waals surface area (Å²) < 4.78 is 12.2. The van der Waals surface area contributed by atoms with Crippen LogP contribution < -0.4 is 5.73 Å². The SMILES string of the molecule is CCOC(=O)c1ncn(CC(C)(C)OCC)c1N. The first-order chi connectivity index (χ1) is 8.41. The van der Waals surface area contributed by atoms with Crippen molar-refractivity contribution in [3.8, 4) is 0 Å². The molecule has 2 N–H and O–H groups in total. The summed E-state index contributed by atoms with van der Waals surface area (Å²) in [6.07, 6.45) is 1.53. The van der Waals surface area contributed by atoms with Gasteiger partial charge in [-0.05, 0) is 27.7 Å². The number of rotatable bonds is 6. The third-order valence-corrected chi connectivity index (χ3v) is 2.43. The molecular weight excluding hydrogens is 234 g/mol. The molecule has 6 nitrogen and oxygen atoms in total. The van der Waals surface area contributed by atoms with E-state index in [1.165, 1.54) is 6.33 Å². The quantitative estimate of drug-likeness (QED) is 0.778. The summed E-state index contributed by atoms with van der Waals surface area (Å²) in [5, 5.41) is 0. The van der Waals surface area contributed by atoms with Gasteiger partial charge in [-0.1, -0.05) is 0 Å². The summed E-state index contributed by atoms with van der Waals surface area (Å²) in [6.45, 7) is 9.04. The molecule has 0 amide bonds. The van der Waals surface area contributed by atoms with Crippen LogP contribution in [0.15, 0.2) is 6.33 Å². The summed E-state index contributed by atoms with van der Waals surface area (Å²) in [4.78, 5) is 15.5. The molecule has 0 unspecified atom stereocenters. The zero-order chi connectivity index (χ0) is 13.8. The fraction of sp³-hybridized carbons (Fsp3) is 0.667. The van der Waals surface area contributed by atoms with Gasteiger partial charge >= 0.3 is 5.97 Å². The van der Waals surface area contributed by atoms with Crippen LogP contribution in [0.25, 0.3) is 0 Å². The highest BCUT2D eigenvalue weighted by Crippen LogP contribution is 2.18. The average Bonchev–Trinajstić information content (AvgIpc) is 2.60. The standard InChI is InChI=1S/C12H21N3O3/c1-5-17-11(16)9-10(13)15(8-14-9)7-12(3,4)18-6-2/h8H,5-7,13H2,1-4H3. The smallest absolute Gasteiger partial charge is 0.360 e. The number of hydrogen-bond acceptors (Lipinski definition) is 5. The van der Waals surface area contributed by atoms with Crippen molar-refractivity contribution in [3.05, 3.63) is 12.0 Å². The van der Waals surface area contributed by atoms with Crippen molar-refractivity contribution in [2.45, 2.75) is 39.8 Å². The Labute approximate surface area is 107 Å². The van der Waals surface area contributed by atoms with Crippen LogP contribution >= 0.6 is 0 Å². The maximum absolute atomic E-state index is 11.6. The van der Waals surface area contributed by atoms with Crippen LogP contribution in [0, 0.1) is 0 Å². The number of ether oxygens (including phenoxy) is 2. The van der Waals surface area contributed by atoms with Crippen LogP contribution in [0.1, 0.15) is 38.2 Å². The molecule has 6 heteroatoms. The lowest BCUT2D eigenvalue weighted by Gasteiger charge is -2.25. The summed E-state index contributed by atoms with van der Waals surface area (Å²) in [7, 11) is 0. The maximum atomic E-state index is 11.6. The van der Waals surface area contributed by atoms with Gasteiger partial charge in [-0.25, -0.2) is 9.78 Å². The minimum absolute atomic E-state index is 0.157. The first-order valence-electron chi connectivity index (χ1n) is 6.03. The van der Waals surface area contributed by atoms with Gasteiger partial charge in [0, 0.05) is 6.61 Å². The van der Waals surface area contributed by atoms with E-state index in [0.29, 0.717) is 25.6 Å². The molecule has 0 spiro atoms. The second-order valence-corrected chi connectivity index (χ2v) is 4.52. The van der Waals surface area contributed by atoms with Crippen LogP contribution in [0.3, 0.4) is 0 Å². The van der Waals surface area contributed by atoms with E-state index < -0.39 is 5.97 Å². The van der Waals surface area contributed by atoms with Crippen LogP contribution in [0.5, 0.6) is 0 Å². The lowest BCUT2D eigenvalue weighted by Crippen LogP contribution is -2.30. The summed E-state index contributed by atoms with van der Waals surface area (Å²) in [6, 6.07) is 0. The lowest BCUT2D eigenvalue weighted by atomic mass is 10.1. The molecule has 0 aromatic carbocycles. The first kappa shape index (κ1) is 14.5. The molecule has 0 saturated heterocycles. The molecule has 18 heavy (non-hydrogen) atoms. The van der Waals surface area contributed by atoms with Crippen LogP contribution in [-0.2, 0) is 16.0 Å². The van der Waals surface area contributed by atoms with Crippen molar-refractivity contribution < 1.29 is 14.3 Å². The number of carbonyl (C=O) groups is 1. The fourth-order valence-electron chi connectivity index (χ4n) is 1.72. The highest BCUT2D eigenvalue weighted by Gasteiger charge is 2.23. The lowest BCUT2D eigenvalue weighted by molar-refractivity contribution is -0.0220. The van der Waals surface area contributed by atoms with Crippen molar-refractivity contribution in [3.63, 3.8) is 0 Å². The fourth-order valence-corrected chi connectivity index (χ4v) is 1.72. The third-order valence-electron chi connectivity index (χ3n) is 2.43. The molecule has 0 aliphatic rings. The minimum atomic E-state index is -0.497. The summed E-state index contributed by atoms with van der Waals surface area (Å²) in [5.41, 5.74) is 5.67. The molecule has 1 rings (SSSR count). The van der Waals surface area contributed by atoms with Crippen LogP contribution in [0.4, 0.5) is 5.82 Å². The highest BCUT2D eigenvalue weighted by atomic mass is 16.5. The molecular formula is C12H21N3O3. The Balaban J connectivity index is 2.84. The molecule has 102 valence electrons. The summed E-state index contributed by atoms with van der Waals surface area (Å²) in [5.74, 6) is -0.191. The number of hydrogen-bond donors (Lipinski definition) is 1. The zero-order valence-corrected chi connectivity index (χ0v) is 11.4. The van der Waals surface area contributed by atoms with Gasteiger partial charge in [-0.15, -0.1) is 0 Å². The third kappa shape index (κ3) is 3.46. The number of imidazole rings is 1. The highest BCUT2D eigenvalue weighted by molar-refractivity contribution is 5.92. The van der Waals surface area contributed by atoms with Crippen LogP contribution in [0.2, 0.25) is 0 Å². The van der Waals surface area contributed by atoms with E-state index in [-0.39, 0.29) is 11.3 Å². The molecule has 0 saturated carbocycles. The number of nitrogens with zero attached hydrogens (tertiary/aromatic N) is 2. The number of anilines is 1. The molecule has 1 aromatic rings. The van der Waals surface area contributed by atoms with E-state index in [0.717, 1.165) is 0 Å². The molecule has 0 aliphatic carbocycles. The van der Waals surface area contributed by atoms with Crippen molar-refractivity contribution in [2.24, 2.45) is 0 Å². The van der Waals surface area contributed by atoms with E-state index >= 15 is 0 Å². The monoisotopic (exact) mass is 255 g/mol. The molecule has 1 heterocycles. The first-order valence-corrected chi connectivity index (χ1v) is 6.03. The van der Waals surface area contributed by atoms with Gasteiger partial charge in [-0.2, -0.15) is 0 Å². The van der Waals surface area contributed by atoms with Gasteiger partial charge < -0.3 is 19.8 Å². The summed E-state index contributed by atoms with van der Waals surface area (Å²) >= 11 is 0. The molecule has 0 aliphatic heterocycles. The number of carbonyl (C=O) groups excluding carboxylic acids is 1. The Morgan fingerprint density at radius 1 is 1.44 bits per heavy atom. The van der Waals surface area contributed by atoms with Crippen molar-refractivity contribution >= 4 is 11.8 Å². The second-order valence-electron chi connectivity index (χ2n) is 4.52. The Morgan fingerprint density at radius 3 is 2.67 bits per heavy atom. The van der Waals surface area contributed by atoms with E-state index in [2.05, 4.69) is 4.98 Å². The van der Waals surface area contributed by atoms with Gasteiger partial charge in [0.25, 0.3) is 0 Å². The molecule has 0 radical (unpaired) electrons. The topological polar surface area (TPSA) is 79.4 Å². The number of esters is 1. The van der Waals surface area contributed by atoms with E-state index in [1.807, 2.05) is 20.8 Å². The Hall–Kier alpha value is -1.56. The zero-order valence-electron chi connectivity index (χ0n) is 11.4. The minimum Gasteiger partial charge on any atom is -0.461 e. The predicted octanol–water partition coefficient (Wildman–Crippen LogP) is 1.46. The Kier molecular flexibility index (Phi) is 4.72. The predicted molar refractivity (Wildman–Crippen MR) is 68.3 cm³/mol. The normalized spacial score (nSPS) is 11.6.